The van der Waals surface area contributed by atoms with E-state index in [0.29, 0.717) is 69.8 Å². The molecular formula is C20H34N8O2. The summed E-state index contributed by atoms with van der Waals surface area (Å²) >= 11 is 0. The first-order chi connectivity index (χ1) is 14.7. The van der Waals surface area contributed by atoms with Gasteiger partial charge in [-0.3, -0.25) is 4.98 Å². The van der Waals surface area contributed by atoms with Crippen LogP contribution in [0, 0.1) is 5.92 Å². The molecule has 0 unspecified atom stereocenters. The fourth-order valence-electron chi connectivity index (χ4n) is 2.40. The van der Waals surface area contributed by atoms with Gasteiger partial charge in [0.15, 0.2) is 0 Å². The third kappa shape index (κ3) is 10.3. The summed E-state index contributed by atoms with van der Waals surface area (Å²) in [7, 11) is 0. The van der Waals surface area contributed by atoms with E-state index < -0.39 is 0 Å². The topological polar surface area (TPSA) is 132 Å². The van der Waals surface area contributed by atoms with Gasteiger partial charge in [-0.15, -0.1) is 0 Å². The lowest BCUT2D eigenvalue weighted by atomic mass is 10.1. The molecule has 30 heavy (non-hydrogen) atoms. The van der Waals surface area contributed by atoms with Crippen molar-refractivity contribution in [1.29, 1.82) is 0 Å². The number of hydrogen-bond donors (Lipinski definition) is 4. The number of anilines is 3. The molecule has 0 aliphatic rings. The van der Waals surface area contributed by atoms with Crippen LogP contribution in [0.15, 0.2) is 24.4 Å². The van der Waals surface area contributed by atoms with E-state index in [2.05, 4.69) is 49.7 Å². The molecule has 0 radical (unpaired) electrons. The average molecular weight is 419 g/mol. The van der Waals surface area contributed by atoms with Gasteiger partial charge >= 0.3 is 0 Å². The van der Waals surface area contributed by atoms with Crippen LogP contribution >= 0.6 is 0 Å². The number of rotatable bonds is 16. The van der Waals surface area contributed by atoms with E-state index in [1.54, 1.807) is 6.20 Å². The van der Waals surface area contributed by atoms with E-state index in [4.69, 9.17) is 15.2 Å². The third-order valence-electron chi connectivity index (χ3n) is 3.96. The van der Waals surface area contributed by atoms with E-state index in [-0.39, 0.29) is 0 Å². The summed E-state index contributed by atoms with van der Waals surface area (Å²) in [5, 5.41) is 9.66. The van der Waals surface area contributed by atoms with Crippen molar-refractivity contribution < 1.29 is 9.47 Å². The van der Waals surface area contributed by atoms with Gasteiger partial charge < -0.3 is 31.2 Å². The highest BCUT2D eigenvalue weighted by atomic mass is 16.5. The lowest BCUT2D eigenvalue weighted by Gasteiger charge is -2.12. The number of pyridine rings is 1. The zero-order chi connectivity index (χ0) is 21.4. The molecule has 2 aromatic heterocycles. The molecule has 0 bridgehead atoms. The van der Waals surface area contributed by atoms with Crippen LogP contribution in [0.1, 0.15) is 26.0 Å². The second kappa shape index (κ2) is 14.4. The zero-order valence-electron chi connectivity index (χ0n) is 17.9. The minimum Gasteiger partial charge on any atom is -0.378 e. The summed E-state index contributed by atoms with van der Waals surface area (Å²) in [5.41, 5.74) is 6.28. The smallest absolute Gasteiger partial charge is 0.229 e. The Labute approximate surface area is 178 Å². The molecule has 166 valence electrons. The van der Waals surface area contributed by atoms with E-state index in [9.17, 15) is 0 Å². The van der Waals surface area contributed by atoms with Crippen molar-refractivity contribution >= 4 is 17.8 Å². The van der Waals surface area contributed by atoms with E-state index >= 15 is 0 Å². The van der Waals surface area contributed by atoms with Gasteiger partial charge in [0.05, 0.1) is 38.7 Å². The molecule has 0 aliphatic carbocycles. The summed E-state index contributed by atoms with van der Waals surface area (Å²) in [4.78, 5) is 17.7. The van der Waals surface area contributed by atoms with Crippen LogP contribution in [0.2, 0.25) is 0 Å². The molecule has 0 fully saturated rings. The number of aromatic nitrogens is 4. The first-order valence-electron chi connectivity index (χ1n) is 10.4. The van der Waals surface area contributed by atoms with Gasteiger partial charge in [0.25, 0.3) is 0 Å². The number of ether oxygens (including phenoxy) is 2. The zero-order valence-corrected chi connectivity index (χ0v) is 17.9. The van der Waals surface area contributed by atoms with Crippen LogP contribution < -0.4 is 21.7 Å². The second-order valence-electron chi connectivity index (χ2n) is 7.03. The van der Waals surface area contributed by atoms with Gasteiger partial charge in [0, 0.05) is 25.8 Å². The quantitative estimate of drug-likeness (QED) is 0.299. The van der Waals surface area contributed by atoms with Crippen molar-refractivity contribution in [3.05, 3.63) is 30.1 Å². The van der Waals surface area contributed by atoms with Crippen molar-refractivity contribution in [2.75, 3.05) is 62.0 Å². The number of nitrogens with zero attached hydrogens (tertiary/aromatic N) is 4. The molecule has 0 atom stereocenters. The SMILES string of the molecule is CC(C)CCNc1nc(NCCOCCOCCN)nc(NCc2ccccn2)n1. The maximum absolute atomic E-state index is 5.52. The molecule has 10 nitrogen and oxygen atoms in total. The Morgan fingerprint density at radius 2 is 1.53 bits per heavy atom. The molecule has 0 amide bonds. The van der Waals surface area contributed by atoms with Crippen molar-refractivity contribution in [2.45, 2.75) is 26.8 Å². The lowest BCUT2D eigenvalue weighted by Crippen LogP contribution is -2.17. The first-order valence-corrected chi connectivity index (χ1v) is 10.4. The van der Waals surface area contributed by atoms with Gasteiger partial charge in [-0.05, 0) is 24.5 Å². The Kier molecular flexibility index (Phi) is 11.4. The van der Waals surface area contributed by atoms with Gasteiger partial charge in [-0.1, -0.05) is 19.9 Å². The van der Waals surface area contributed by atoms with Gasteiger partial charge in [0.2, 0.25) is 17.8 Å². The first kappa shape index (κ1) is 23.7. The predicted octanol–water partition coefficient (Wildman–Crippen LogP) is 1.74. The molecule has 0 saturated carbocycles. The van der Waals surface area contributed by atoms with Gasteiger partial charge in [-0.25, -0.2) is 0 Å². The average Bonchev–Trinajstić information content (AvgIpc) is 2.74. The predicted molar refractivity (Wildman–Crippen MR) is 119 cm³/mol. The van der Waals surface area contributed by atoms with Crippen molar-refractivity contribution in [3.8, 4) is 0 Å². The van der Waals surface area contributed by atoms with Crippen LogP contribution in [-0.4, -0.2) is 66.0 Å². The minimum atomic E-state index is 0.487. The Hall–Kier alpha value is -2.56. The molecule has 2 heterocycles. The summed E-state index contributed by atoms with van der Waals surface area (Å²) in [6.45, 7) is 8.92. The summed E-state index contributed by atoms with van der Waals surface area (Å²) in [6, 6.07) is 5.78. The number of nitrogens with one attached hydrogen (secondary N) is 3. The minimum absolute atomic E-state index is 0.487. The standard InChI is InChI=1S/C20H34N8O2/c1-16(2)6-9-23-18-26-19(24-10-12-30-14-13-29-11-7-21)28-20(27-18)25-15-17-5-3-4-8-22-17/h3-5,8,16H,6-7,9-15,21H2,1-2H3,(H3,23,24,25,26,27,28). The fourth-order valence-corrected chi connectivity index (χ4v) is 2.40. The highest BCUT2D eigenvalue weighted by molar-refractivity contribution is 5.42. The molecule has 2 aromatic rings. The van der Waals surface area contributed by atoms with Gasteiger partial charge in [0.1, 0.15) is 0 Å². The molecule has 0 aromatic carbocycles. The number of nitrogens with two attached hydrogens (primary N) is 1. The van der Waals surface area contributed by atoms with E-state index in [1.807, 2.05) is 18.2 Å². The van der Waals surface area contributed by atoms with Crippen LogP contribution in [-0.2, 0) is 16.0 Å². The Balaban J connectivity index is 1.86. The molecule has 5 N–H and O–H groups in total. The fraction of sp³-hybridized carbons (Fsp3) is 0.600. The summed E-state index contributed by atoms with van der Waals surface area (Å²) in [5.74, 6) is 2.11. The third-order valence-corrected chi connectivity index (χ3v) is 3.96. The molecular weight excluding hydrogens is 384 g/mol. The molecule has 10 heteroatoms. The summed E-state index contributed by atoms with van der Waals surface area (Å²) in [6.07, 6.45) is 2.79. The maximum atomic E-state index is 5.52. The molecule has 0 spiro atoms. The van der Waals surface area contributed by atoms with E-state index in [0.717, 1.165) is 18.7 Å². The lowest BCUT2D eigenvalue weighted by molar-refractivity contribution is 0.0547. The maximum Gasteiger partial charge on any atom is 0.229 e. The van der Waals surface area contributed by atoms with Crippen LogP contribution in [0.5, 0.6) is 0 Å². The normalized spacial score (nSPS) is 10.9. The number of hydrogen-bond acceptors (Lipinski definition) is 10. The van der Waals surface area contributed by atoms with Crippen LogP contribution in [0.4, 0.5) is 17.8 Å². The highest BCUT2D eigenvalue weighted by Gasteiger charge is 2.07. The van der Waals surface area contributed by atoms with E-state index in [1.165, 1.54) is 0 Å². The monoisotopic (exact) mass is 418 g/mol. The van der Waals surface area contributed by atoms with Gasteiger partial charge in [-0.2, -0.15) is 15.0 Å². The largest absolute Gasteiger partial charge is 0.378 e. The highest BCUT2D eigenvalue weighted by Crippen LogP contribution is 2.11. The molecule has 2 rings (SSSR count). The Morgan fingerprint density at radius 3 is 2.17 bits per heavy atom. The Morgan fingerprint density at radius 1 is 0.867 bits per heavy atom. The Bertz CT molecular complexity index is 702. The van der Waals surface area contributed by atoms with Crippen LogP contribution in [0.25, 0.3) is 0 Å². The molecule has 0 saturated heterocycles. The van der Waals surface area contributed by atoms with Crippen molar-refractivity contribution in [1.82, 2.24) is 19.9 Å². The van der Waals surface area contributed by atoms with Crippen molar-refractivity contribution in [3.63, 3.8) is 0 Å². The van der Waals surface area contributed by atoms with Crippen molar-refractivity contribution in [2.24, 2.45) is 11.7 Å². The second-order valence-corrected chi connectivity index (χ2v) is 7.03. The summed E-state index contributed by atoms with van der Waals surface area (Å²) < 4.78 is 10.8. The van der Waals surface area contributed by atoms with Crippen LogP contribution in [0.3, 0.4) is 0 Å². The molecule has 0 aliphatic heterocycles.